The Morgan fingerprint density at radius 2 is 1.56 bits per heavy atom. The minimum Gasteiger partial charge on any atom is -0.466 e. The van der Waals surface area contributed by atoms with Crippen molar-refractivity contribution in [2.45, 2.75) is 58.8 Å². The Morgan fingerprint density at radius 3 is 2.10 bits per heavy atom. The molecule has 3 amide bonds. The molecule has 216 valence electrons. The van der Waals surface area contributed by atoms with Crippen LogP contribution in [0.25, 0.3) is 6.08 Å². The lowest BCUT2D eigenvalue weighted by molar-refractivity contribution is -0.149. The summed E-state index contributed by atoms with van der Waals surface area (Å²) in [5, 5.41) is 7.30. The third kappa shape index (κ3) is 12.5. The zero-order valence-electron chi connectivity index (χ0n) is 22.2. The number of hydrogen-bond acceptors (Lipinski definition) is 7. The second-order valence-corrected chi connectivity index (χ2v) is 8.62. The van der Waals surface area contributed by atoms with Crippen LogP contribution in [0.2, 0.25) is 0 Å². The van der Waals surface area contributed by atoms with Crippen LogP contribution in [0.15, 0.2) is 30.3 Å². The van der Waals surface area contributed by atoms with Crippen LogP contribution in [0.4, 0.5) is 13.2 Å². The summed E-state index contributed by atoms with van der Waals surface area (Å²) < 4.78 is 47.7. The summed E-state index contributed by atoms with van der Waals surface area (Å²) in [6.45, 7) is 6.28. The monoisotopic (exact) mass is 557 g/mol. The lowest BCUT2D eigenvalue weighted by Gasteiger charge is -2.24. The molecule has 13 heteroatoms. The van der Waals surface area contributed by atoms with Crippen molar-refractivity contribution in [1.82, 2.24) is 16.0 Å². The highest BCUT2D eigenvalue weighted by atomic mass is 19.4. The number of halogens is 3. The van der Waals surface area contributed by atoms with Gasteiger partial charge in [0.05, 0.1) is 25.3 Å². The zero-order chi connectivity index (χ0) is 29.6. The first-order chi connectivity index (χ1) is 18.3. The number of amides is 3. The fraction of sp³-hybridized carbons (Fsp3) is 0.500. The van der Waals surface area contributed by atoms with Crippen molar-refractivity contribution >= 4 is 35.7 Å². The first kappa shape index (κ1) is 33.1. The number of ether oxygens (including phenoxy) is 2. The molecule has 3 N–H and O–H groups in total. The highest BCUT2D eigenvalue weighted by Crippen LogP contribution is 2.29. The summed E-state index contributed by atoms with van der Waals surface area (Å²) in [5.41, 5.74) is -0.477. The number of carbonyl (C=O) groups is 5. The van der Waals surface area contributed by atoms with Gasteiger partial charge in [0, 0.05) is 12.5 Å². The molecular formula is C26H34F3N3O7. The Labute approximate surface area is 224 Å². The van der Waals surface area contributed by atoms with Gasteiger partial charge in [-0.05, 0) is 50.0 Å². The fourth-order valence-corrected chi connectivity index (χ4v) is 3.19. The first-order valence-electron chi connectivity index (χ1n) is 12.3. The van der Waals surface area contributed by atoms with Gasteiger partial charge in [-0.2, -0.15) is 13.2 Å². The summed E-state index contributed by atoms with van der Waals surface area (Å²) in [5.74, 6) is -3.75. The van der Waals surface area contributed by atoms with Crippen LogP contribution in [0.3, 0.4) is 0 Å². The molecule has 0 bridgehead atoms. The first-order valence-corrected chi connectivity index (χ1v) is 12.3. The largest absolute Gasteiger partial charge is 0.466 e. The van der Waals surface area contributed by atoms with E-state index in [1.165, 1.54) is 18.2 Å². The maximum atomic E-state index is 12.9. The van der Waals surface area contributed by atoms with Crippen molar-refractivity contribution in [2.24, 2.45) is 5.92 Å². The Bertz CT molecular complexity index is 1020. The van der Waals surface area contributed by atoms with Gasteiger partial charge < -0.3 is 25.4 Å². The van der Waals surface area contributed by atoms with Crippen molar-refractivity contribution in [3.05, 3.63) is 41.5 Å². The van der Waals surface area contributed by atoms with E-state index in [1.54, 1.807) is 27.7 Å². The molecule has 0 radical (unpaired) electrons. The van der Waals surface area contributed by atoms with Gasteiger partial charge in [0.1, 0.15) is 12.1 Å². The Hall–Kier alpha value is -3.90. The summed E-state index contributed by atoms with van der Waals surface area (Å²) in [7, 11) is 0. The summed E-state index contributed by atoms with van der Waals surface area (Å²) in [4.78, 5) is 61.3. The number of nitrogens with one attached hydrogen (secondary N) is 3. The molecule has 39 heavy (non-hydrogen) atoms. The van der Waals surface area contributed by atoms with Gasteiger partial charge in [-0.25, -0.2) is 4.79 Å². The van der Waals surface area contributed by atoms with Crippen molar-refractivity contribution in [1.29, 1.82) is 0 Å². The molecule has 0 aromatic heterocycles. The molecule has 10 nitrogen and oxygen atoms in total. The summed E-state index contributed by atoms with van der Waals surface area (Å²) >= 11 is 0. The quantitative estimate of drug-likeness (QED) is 0.236. The average Bonchev–Trinajstić information content (AvgIpc) is 2.86. The molecule has 0 aliphatic rings. The van der Waals surface area contributed by atoms with Crippen molar-refractivity contribution in [3.63, 3.8) is 0 Å². The van der Waals surface area contributed by atoms with Gasteiger partial charge in [-0.1, -0.05) is 26.0 Å². The van der Waals surface area contributed by atoms with Gasteiger partial charge in [-0.15, -0.1) is 0 Å². The second-order valence-electron chi connectivity index (χ2n) is 8.62. The fourth-order valence-electron chi connectivity index (χ4n) is 3.19. The maximum absolute atomic E-state index is 12.9. The molecule has 1 rings (SSSR count). The Balaban J connectivity index is 2.70. The normalized spacial score (nSPS) is 12.9. The van der Waals surface area contributed by atoms with E-state index < -0.39 is 65.9 Å². The van der Waals surface area contributed by atoms with E-state index in [4.69, 9.17) is 9.47 Å². The standard InChI is InChI=1S/C26H34F3N3O7/c1-5-38-22(35)14-12-19(25(37)39-6-2)31-24(36)23(16(3)4)32-21(34)15-30-20(33)13-9-17-7-10-18(11-8-17)26(27,28)29/h7-11,13,16,19,23H,5-6,12,14-15H2,1-4H3,(H,30,33)(H,31,36)(H,32,34)/b13-9+/t19-,23+/m1/s1. The molecule has 0 spiro atoms. The molecule has 2 atom stereocenters. The molecule has 0 aliphatic carbocycles. The maximum Gasteiger partial charge on any atom is 0.416 e. The van der Waals surface area contributed by atoms with Crippen LogP contribution in [-0.2, 0) is 39.6 Å². The van der Waals surface area contributed by atoms with Gasteiger partial charge in [0.15, 0.2) is 0 Å². The second kappa shape index (κ2) is 16.1. The van der Waals surface area contributed by atoms with E-state index in [0.29, 0.717) is 5.56 Å². The SMILES string of the molecule is CCOC(=O)CC[C@@H](NC(=O)[C@@H](NC(=O)CNC(=O)/C=C/c1ccc(C(F)(F)F)cc1)C(C)C)C(=O)OCC. The lowest BCUT2D eigenvalue weighted by Crippen LogP contribution is -2.55. The molecule has 0 aliphatic heterocycles. The number of benzene rings is 1. The van der Waals surface area contributed by atoms with Crippen LogP contribution < -0.4 is 16.0 Å². The predicted octanol–water partition coefficient (Wildman–Crippen LogP) is 2.37. The Kier molecular flexibility index (Phi) is 13.7. The van der Waals surface area contributed by atoms with Crippen molar-refractivity contribution in [2.75, 3.05) is 19.8 Å². The highest BCUT2D eigenvalue weighted by molar-refractivity contribution is 5.95. The van der Waals surface area contributed by atoms with E-state index in [9.17, 15) is 37.1 Å². The topological polar surface area (TPSA) is 140 Å². The number of alkyl halides is 3. The molecule has 1 aromatic rings. The van der Waals surface area contributed by atoms with E-state index in [-0.39, 0.29) is 26.1 Å². The lowest BCUT2D eigenvalue weighted by atomic mass is 10.0. The zero-order valence-corrected chi connectivity index (χ0v) is 22.2. The molecular weight excluding hydrogens is 523 g/mol. The summed E-state index contributed by atoms with van der Waals surface area (Å²) in [6.07, 6.45) is -2.34. The number of esters is 2. The molecule has 0 saturated carbocycles. The van der Waals surface area contributed by atoms with Crippen molar-refractivity contribution in [3.8, 4) is 0 Å². The Morgan fingerprint density at radius 1 is 0.949 bits per heavy atom. The number of rotatable bonds is 14. The average molecular weight is 558 g/mol. The molecule has 0 saturated heterocycles. The third-order valence-corrected chi connectivity index (χ3v) is 5.18. The van der Waals surface area contributed by atoms with E-state index in [0.717, 1.165) is 18.2 Å². The minimum absolute atomic E-state index is 0.0575. The molecule has 0 heterocycles. The number of hydrogen-bond donors (Lipinski definition) is 3. The van der Waals surface area contributed by atoms with Gasteiger partial charge in [0.2, 0.25) is 17.7 Å². The van der Waals surface area contributed by atoms with Crippen LogP contribution in [0.5, 0.6) is 0 Å². The van der Waals surface area contributed by atoms with E-state index in [2.05, 4.69) is 16.0 Å². The molecule has 0 unspecified atom stereocenters. The molecule has 0 fully saturated rings. The van der Waals surface area contributed by atoms with Crippen molar-refractivity contribution < 1.29 is 46.6 Å². The van der Waals surface area contributed by atoms with E-state index >= 15 is 0 Å². The predicted molar refractivity (Wildman–Crippen MR) is 135 cm³/mol. The van der Waals surface area contributed by atoms with Crippen LogP contribution in [-0.4, -0.2) is 61.5 Å². The van der Waals surface area contributed by atoms with Crippen LogP contribution in [0.1, 0.15) is 51.7 Å². The number of carbonyl (C=O) groups excluding carboxylic acids is 5. The van der Waals surface area contributed by atoms with E-state index in [1.807, 2.05) is 0 Å². The minimum atomic E-state index is -4.47. The van der Waals surface area contributed by atoms with Gasteiger partial charge >= 0.3 is 18.1 Å². The smallest absolute Gasteiger partial charge is 0.416 e. The highest BCUT2D eigenvalue weighted by Gasteiger charge is 2.31. The molecule has 1 aromatic carbocycles. The summed E-state index contributed by atoms with van der Waals surface area (Å²) in [6, 6.07) is 1.94. The van der Waals surface area contributed by atoms with Crippen LogP contribution >= 0.6 is 0 Å². The van der Waals surface area contributed by atoms with Gasteiger partial charge in [0.25, 0.3) is 0 Å². The van der Waals surface area contributed by atoms with Crippen LogP contribution in [0, 0.1) is 5.92 Å². The third-order valence-electron chi connectivity index (χ3n) is 5.18. The van der Waals surface area contributed by atoms with Gasteiger partial charge in [-0.3, -0.25) is 19.2 Å².